The predicted octanol–water partition coefficient (Wildman–Crippen LogP) is 5.62. The van der Waals surface area contributed by atoms with Crippen molar-refractivity contribution in [1.82, 2.24) is 4.90 Å². The third-order valence-corrected chi connectivity index (χ3v) is 6.43. The molecule has 0 saturated heterocycles. The fraction of sp³-hybridized carbons (Fsp3) is 0.267. The first-order valence-electron chi connectivity index (χ1n) is 12.2. The molecule has 1 aromatic heterocycles. The van der Waals surface area contributed by atoms with Gasteiger partial charge in [0.25, 0.3) is 5.91 Å². The Bertz CT molecular complexity index is 1460. The number of hydrogen-bond donors (Lipinski definition) is 0. The van der Waals surface area contributed by atoms with Gasteiger partial charge in [0.05, 0.1) is 30.7 Å². The highest BCUT2D eigenvalue weighted by Gasteiger charge is 2.42. The number of amides is 1. The number of nitrogens with zero attached hydrogens (tertiary/aromatic N) is 1. The largest absolute Gasteiger partial charge is 0.493 e. The summed E-state index contributed by atoms with van der Waals surface area (Å²) in [4.78, 5) is 29.0. The standard InChI is InChI=1S/C30H29NO5/c1-19(2)18-35-24-14-13-21(17-25(24)34-3)27-26-28(32)22-11-7-8-12-23(22)36-29(26)30(33)31(27)16-15-20-9-5-4-6-10-20/h4-14,17,19,27H,15-16,18H2,1-3H3/t27-/m1/s1. The van der Waals surface area contributed by atoms with Crippen LogP contribution in [0, 0.1) is 5.92 Å². The lowest BCUT2D eigenvalue weighted by molar-refractivity contribution is 0.0730. The predicted molar refractivity (Wildman–Crippen MR) is 139 cm³/mol. The number of benzene rings is 3. The molecule has 0 fully saturated rings. The average Bonchev–Trinajstić information content (AvgIpc) is 3.18. The zero-order valence-electron chi connectivity index (χ0n) is 20.7. The summed E-state index contributed by atoms with van der Waals surface area (Å²) < 4.78 is 17.6. The molecule has 1 amide bonds. The van der Waals surface area contributed by atoms with E-state index in [1.54, 1.807) is 36.3 Å². The summed E-state index contributed by atoms with van der Waals surface area (Å²) in [5.41, 5.74) is 2.47. The summed E-state index contributed by atoms with van der Waals surface area (Å²) in [6.07, 6.45) is 0.650. The Morgan fingerprint density at radius 3 is 2.44 bits per heavy atom. The van der Waals surface area contributed by atoms with Crippen molar-refractivity contribution in [3.63, 3.8) is 0 Å². The van der Waals surface area contributed by atoms with E-state index in [1.807, 2.05) is 48.5 Å². The molecule has 1 aliphatic heterocycles. The van der Waals surface area contributed by atoms with Crippen molar-refractivity contribution in [2.75, 3.05) is 20.3 Å². The SMILES string of the molecule is COc1cc([C@@H]2c3c(oc4ccccc4c3=O)C(=O)N2CCc2ccccc2)ccc1OCC(C)C. The highest BCUT2D eigenvalue weighted by Crippen LogP contribution is 2.41. The van der Waals surface area contributed by atoms with Crippen LogP contribution in [0.1, 0.15) is 47.1 Å². The zero-order valence-corrected chi connectivity index (χ0v) is 20.7. The summed E-state index contributed by atoms with van der Waals surface area (Å²) >= 11 is 0. The number of ether oxygens (including phenoxy) is 2. The Labute approximate surface area is 210 Å². The lowest BCUT2D eigenvalue weighted by atomic mass is 9.97. The molecule has 0 radical (unpaired) electrons. The fourth-order valence-electron chi connectivity index (χ4n) is 4.67. The van der Waals surface area contributed by atoms with E-state index in [2.05, 4.69) is 13.8 Å². The van der Waals surface area contributed by atoms with Crippen molar-refractivity contribution in [1.29, 1.82) is 0 Å². The molecule has 1 atom stereocenters. The molecule has 5 rings (SSSR count). The number of hydrogen-bond acceptors (Lipinski definition) is 5. The van der Waals surface area contributed by atoms with Gasteiger partial charge in [0.1, 0.15) is 5.58 Å². The average molecular weight is 484 g/mol. The maximum absolute atomic E-state index is 13.7. The van der Waals surface area contributed by atoms with Crippen LogP contribution in [0.5, 0.6) is 11.5 Å². The van der Waals surface area contributed by atoms with Gasteiger partial charge < -0.3 is 18.8 Å². The molecule has 36 heavy (non-hydrogen) atoms. The first-order valence-corrected chi connectivity index (χ1v) is 12.2. The smallest absolute Gasteiger partial charge is 0.290 e. The van der Waals surface area contributed by atoms with Gasteiger partial charge in [-0.2, -0.15) is 0 Å². The minimum absolute atomic E-state index is 0.107. The van der Waals surface area contributed by atoms with E-state index in [1.165, 1.54) is 0 Å². The maximum atomic E-state index is 13.7. The molecule has 0 N–H and O–H groups in total. The highest BCUT2D eigenvalue weighted by molar-refractivity contribution is 5.99. The third kappa shape index (κ3) is 4.35. The van der Waals surface area contributed by atoms with Gasteiger partial charge in [-0.25, -0.2) is 0 Å². The second-order valence-electron chi connectivity index (χ2n) is 9.42. The lowest BCUT2D eigenvalue weighted by Gasteiger charge is -2.26. The van der Waals surface area contributed by atoms with E-state index in [-0.39, 0.29) is 17.1 Å². The molecular weight excluding hydrogens is 454 g/mol. The van der Waals surface area contributed by atoms with Crippen molar-refractivity contribution in [3.8, 4) is 11.5 Å². The summed E-state index contributed by atoms with van der Waals surface area (Å²) in [7, 11) is 1.59. The molecule has 1 aliphatic rings. The zero-order chi connectivity index (χ0) is 25.2. The highest BCUT2D eigenvalue weighted by atomic mass is 16.5. The molecule has 2 heterocycles. The van der Waals surface area contributed by atoms with Crippen molar-refractivity contribution in [2.24, 2.45) is 5.92 Å². The minimum Gasteiger partial charge on any atom is -0.493 e. The van der Waals surface area contributed by atoms with Gasteiger partial charge >= 0.3 is 0 Å². The van der Waals surface area contributed by atoms with E-state index < -0.39 is 6.04 Å². The molecule has 6 nitrogen and oxygen atoms in total. The van der Waals surface area contributed by atoms with Crippen molar-refractivity contribution >= 4 is 16.9 Å². The van der Waals surface area contributed by atoms with E-state index in [0.717, 1.165) is 11.1 Å². The van der Waals surface area contributed by atoms with Gasteiger partial charge in [0.2, 0.25) is 5.76 Å². The summed E-state index contributed by atoms with van der Waals surface area (Å²) in [6.45, 7) is 5.15. The number of rotatable bonds is 8. The molecule has 3 aromatic carbocycles. The number of para-hydroxylation sites is 1. The van der Waals surface area contributed by atoms with Crippen LogP contribution in [0.3, 0.4) is 0 Å². The normalized spacial score (nSPS) is 14.9. The number of carbonyl (C=O) groups excluding carboxylic acids is 1. The van der Waals surface area contributed by atoms with E-state index in [4.69, 9.17) is 13.9 Å². The molecule has 4 aromatic rings. The van der Waals surface area contributed by atoms with Crippen molar-refractivity contribution < 1.29 is 18.7 Å². The van der Waals surface area contributed by atoms with Crippen LogP contribution >= 0.6 is 0 Å². The minimum atomic E-state index is -0.592. The molecule has 0 saturated carbocycles. The van der Waals surface area contributed by atoms with Crippen molar-refractivity contribution in [2.45, 2.75) is 26.3 Å². The number of fused-ring (bicyclic) bond motifs is 2. The Hall–Kier alpha value is -4.06. The van der Waals surface area contributed by atoms with Crippen LogP contribution in [-0.4, -0.2) is 31.1 Å². The Morgan fingerprint density at radius 1 is 0.944 bits per heavy atom. The first-order chi connectivity index (χ1) is 17.5. The molecular formula is C30H29NO5. The summed E-state index contributed by atoms with van der Waals surface area (Å²) in [5.74, 6) is 1.37. The van der Waals surface area contributed by atoms with E-state index in [0.29, 0.717) is 53.5 Å². The van der Waals surface area contributed by atoms with Crippen LogP contribution < -0.4 is 14.9 Å². The fourth-order valence-corrected chi connectivity index (χ4v) is 4.67. The summed E-state index contributed by atoms with van der Waals surface area (Å²) in [5, 5.41) is 0.461. The molecule has 0 aliphatic carbocycles. The molecule has 6 heteroatoms. The van der Waals surface area contributed by atoms with Crippen LogP contribution in [0.15, 0.2) is 82.0 Å². The van der Waals surface area contributed by atoms with Gasteiger partial charge in [-0.05, 0) is 47.7 Å². The lowest BCUT2D eigenvalue weighted by Crippen LogP contribution is -2.31. The Kier molecular flexibility index (Phi) is 6.51. The second-order valence-corrected chi connectivity index (χ2v) is 9.42. The van der Waals surface area contributed by atoms with Crippen LogP contribution in [-0.2, 0) is 6.42 Å². The van der Waals surface area contributed by atoms with Crippen molar-refractivity contribution in [3.05, 3.63) is 105 Å². The molecule has 0 bridgehead atoms. The van der Waals surface area contributed by atoms with Crippen LogP contribution in [0.2, 0.25) is 0 Å². The van der Waals surface area contributed by atoms with Crippen LogP contribution in [0.25, 0.3) is 11.0 Å². The summed E-state index contributed by atoms with van der Waals surface area (Å²) in [6, 6.07) is 22.0. The van der Waals surface area contributed by atoms with Gasteiger partial charge in [0.15, 0.2) is 16.9 Å². The van der Waals surface area contributed by atoms with Gasteiger partial charge in [-0.1, -0.05) is 62.4 Å². The Morgan fingerprint density at radius 2 is 1.69 bits per heavy atom. The van der Waals surface area contributed by atoms with Gasteiger partial charge in [0, 0.05) is 6.54 Å². The quantitative estimate of drug-likeness (QED) is 0.325. The Balaban J connectivity index is 1.61. The number of methoxy groups -OCH3 is 1. The monoisotopic (exact) mass is 483 g/mol. The van der Waals surface area contributed by atoms with E-state index in [9.17, 15) is 9.59 Å². The maximum Gasteiger partial charge on any atom is 0.290 e. The van der Waals surface area contributed by atoms with E-state index >= 15 is 0 Å². The third-order valence-electron chi connectivity index (χ3n) is 6.43. The first kappa shape index (κ1) is 23.7. The topological polar surface area (TPSA) is 69.0 Å². The molecule has 184 valence electrons. The van der Waals surface area contributed by atoms with Gasteiger partial charge in [-0.3, -0.25) is 9.59 Å². The second kappa shape index (κ2) is 9.90. The molecule has 0 unspecified atom stereocenters. The molecule has 0 spiro atoms. The number of carbonyl (C=O) groups is 1. The van der Waals surface area contributed by atoms with Gasteiger partial charge in [-0.15, -0.1) is 0 Å². The van der Waals surface area contributed by atoms with Crippen LogP contribution in [0.4, 0.5) is 0 Å².